The van der Waals surface area contributed by atoms with Gasteiger partial charge in [0.1, 0.15) is 11.7 Å². The Morgan fingerprint density at radius 2 is 2.10 bits per heavy atom. The molecular formula is C23H22ClN3O3. The van der Waals surface area contributed by atoms with E-state index in [1.54, 1.807) is 30.5 Å². The van der Waals surface area contributed by atoms with Crippen molar-refractivity contribution in [1.82, 2.24) is 9.55 Å². The average molecular weight is 424 g/mol. The molecule has 1 aromatic carbocycles. The highest BCUT2D eigenvalue weighted by molar-refractivity contribution is 6.31. The minimum absolute atomic E-state index is 0.156. The van der Waals surface area contributed by atoms with Crippen molar-refractivity contribution in [3.05, 3.63) is 71.3 Å². The Hall–Kier alpha value is -3.12. The molecule has 154 valence electrons. The molecule has 2 heterocycles. The molecule has 30 heavy (non-hydrogen) atoms. The van der Waals surface area contributed by atoms with E-state index in [2.05, 4.69) is 4.98 Å². The second-order valence-electron chi connectivity index (χ2n) is 7.29. The van der Waals surface area contributed by atoms with Crippen LogP contribution in [0.4, 0.5) is 5.69 Å². The molecule has 1 unspecified atom stereocenters. The topological polar surface area (TPSA) is 64.4 Å². The molecule has 0 bridgehead atoms. The summed E-state index contributed by atoms with van der Waals surface area (Å²) in [5, 5.41) is 0.591. The molecule has 4 rings (SSSR count). The Morgan fingerprint density at radius 3 is 2.83 bits per heavy atom. The highest BCUT2D eigenvalue weighted by atomic mass is 35.5. The molecule has 1 aliphatic carbocycles. The molecule has 2 aromatic rings. The second-order valence-corrected chi connectivity index (χ2v) is 7.73. The first-order valence-electron chi connectivity index (χ1n) is 9.76. The van der Waals surface area contributed by atoms with Gasteiger partial charge >= 0.3 is 0 Å². The van der Waals surface area contributed by atoms with Gasteiger partial charge in [-0.1, -0.05) is 29.8 Å². The average Bonchev–Trinajstić information content (AvgIpc) is 3.27. The van der Waals surface area contributed by atoms with Crippen molar-refractivity contribution in [3.63, 3.8) is 0 Å². The smallest absolute Gasteiger partial charge is 0.238 e. The summed E-state index contributed by atoms with van der Waals surface area (Å²) < 4.78 is 7.42. The number of hydrogen-bond donors (Lipinski definition) is 0. The lowest BCUT2D eigenvalue weighted by molar-refractivity contribution is -0.128. The van der Waals surface area contributed by atoms with Crippen molar-refractivity contribution in [2.24, 2.45) is 5.92 Å². The zero-order valence-corrected chi connectivity index (χ0v) is 17.6. The van der Waals surface area contributed by atoms with Crippen molar-refractivity contribution in [2.75, 3.05) is 18.6 Å². The molecule has 0 saturated carbocycles. The third-order valence-electron chi connectivity index (χ3n) is 5.34. The van der Waals surface area contributed by atoms with Crippen molar-refractivity contribution < 1.29 is 14.3 Å². The Morgan fingerprint density at radius 1 is 1.27 bits per heavy atom. The van der Waals surface area contributed by atoms with Crippen molar-refractivity contribution in [1.29, 1.82) is 0 Å². The van der Waals surface area contributed by atoms with Crippen LogP contribution < -0.4 is 9.64 Å². The SMILES string of the molecule is COc1cc(N2CCC(C(=O)C3=CCC=C(Cl)C=C3)C2=O)ccc1-n1cnc(C)c1. The molecule has 7 heteroatoms. The van der Waals surface area contributed by atoms with Gasteiger partial charge in [0, 0.05) is 35.1 Å². The minimum Gasteiger partial charge on any atom is -0.494 e. The zero-order chi connectivity index (χ0) is 21.3. The van der Waals surface area contributed by atoms with Crippen molar-refractivity contribution in [3.8, 4) is 11.4 Å². The van der Waals surface area contributed by atoms with Gasteiger partial charge in [0.2, 0.25) is 5.91 Å². The molecule has 1 fully saturated rings. The molecule has 0 spiro atoms. The predicted octanol–water partition coefficient (Wildman–Crippen LogP) is 4.12. The number of halogens is 1. The number of amides is 1. The van der Waals surface area contributed by atoms with E-state index in [4.69, 9.17) is 16.3 Å². The Labute approximate surface area is 180 Å². The molecule has 1 aromatic heterocycles. The summed E-state index contributed by atoms with van der Waals surface area (Å²) in [6.45, 7) is 2.40. The summed E-state index contributed by atoms with van der Waals surface area (Å²) in [5.41, 5.74) is 2.98. The van der Waals surface area contributed by atoms with Crippen LogP contribution in [0.15, 0.2) is 65.6 Å². The van der Waals surface area contributed by atoms with Gasteiger partial charge in [-0.05, 0) is 38.0 Å². The van der Waals surface area contributed by atoms with Crippen LogP contribution >= 0.6 is 11.6 Å². The van der Waals surface area contributed by atoms with Crippen LogP contribution in [0.1, 0.15) is 18.5 Å². The van der Waals surface area contributed by atoms with Gasteiger partial charge in [0.05, 0.1) is 24.8 Å². The number of hydrogen-bond acceptors (Lipinski definition) is 4. The Kier molecular flexibility index (Phi) is 5.59. The van der Waals surface area contributed by atoms with Crippen molar-refractivity contribution >= 4 is 29.0 Å². The van der Waals surface area contributed by atoms with Crippen molar-refractivity contribution in [2.45, 2.75) is 19.8 Å². The van der Waals surface area contributed by atoms with E-state index in [-0.39, 0.29) is 11.7 Å². The number of aromatic nitrogens is 2. The first-order valence-corrected chi connectivity index (χ1v) is 10.1. The molecule has 0 radical (unpaired) electrons. The number of Topliss-reactive ketones (excluding diaryl/α,β-unsaturated/α-hetero) is 1. The molecule has 1 atom stereocenters. The summed E-state index contributed by atoms with van der Waals surface area (Å²) in [6.07, 6.45) is 11.7. The van der Waals surface area contributed by atoms with Crippen LogP contribution in [-0.4, -0.2) is 34.9 Å². The molecule has 1 aliphatic heterocycles. The van der Waals surface area contributed by atoms with E-state index in [9.17, 15) is 9.59 Å². The largest absolute Gasteiger partial charge is 0.494 e. The lowest BCUT2D eigenvalue weighted by Gasteiger charge is -2.19. The first-order chi connectivity index (χ1) is 14.5. The number of methoxy groups -OCH3 is 1. The van der Waals surface area contributed by atoms with Gasteiger partial charge < -0.3 is 14.2 Å². The van der Waals surface area contributed by atoms with E-state index in [1.165, 1.54) is 0 Å². The molecule has 2 aliphatic rings. The van der Waals surface area contributed by atoms with Gasteiger partial charge in [0.15, 0.2) is 5.78 Å². The summed E-state index contributed by atoms with van der Waals surface area (Å²) in [5.74, 6) is -0.399. The molecular weight excluding hydrogens is 402 g/mol. The Bertz CT molecular complexity index is 1100. The van der Waals surface area contributed by atoms with Gasteiger partial charge in [-0.25, -0.2) is 4.98 Å². The quantitative estimate of drug-likeness (QED) is 0.678. The Balaban J connectivity index is 1.56. The van der Waals surface area contributed by atoms with E-state index in [0.717, 1.165) is 11.4 Å². The van der Waals surface area contributed by atoms with Crippen LogP contribution in [0, 0.1) is 12.8 Å². The fraction of sp³-hybridized carbons (Fsp3) is 0.261. The summed E-state index contributed by atoms with van der Waals surface area (Å²) in [4.78, 5) is 31.9. The highest BCUT2D eigenvalue weighted by Crippen LogP contribution is 2.33. The van der Waals surface area contributed by atoms with Gasteiger partial charge in [-0.2, -0.15) is 0 Å². The predicted molar refractivity (Wildman–Crippen MR) is 116 cm³/mol. The number of carbonyl (C=O) groups is 2. The zero-order valence-electron chi connectivity index (χ0n) is 16.8. The normalized spacial score (nSPS) is 18.8. The van der Waals surface area contributed by atoms with E-state index < -0.39 is 5.92 Å². The van der Waals surface area contributed by atoms with Gasteiger partial charge in [-0.3, -0.25) is 9.59 Å². The van der Waals surface area contributed by atoms with Crippen LogP contribution in [0.25, 0.3) is 5.69 Å². The number of imidazole rings is 1. The third-order valence-corrected chi connectivity index (χ3v) is 5.62. The fourth-order valence-corrected chi connectivity index (χ4v) is 3.92. The molecule has 1 amide bonds. The number of allylic oxidation sites excluding steroid dienone is 6. The number of anilines is 1. The van der Waals surface area contributed by atoms with E-state index in [1.807, 2.05) is 48.0 Å². The number of rotatable bonds is 5. The van der Waals surface area contributed by atoms with Gasteiger partial charge in [0.25, 0.3) is 0 Å². The monoisotopic (exact) mass is 423 g/mol. The summed E-state index contributed by atoms with van der Waals surface area (Å²) in [6, 6.07) is 5.58. The van der Waals surface area contributed by atoms with Crippen LogP contribution in [0.5, 0.6) is 5.75 Å². The lowest BCUT2D eigenvalue weighted by atomic mass is 9.95. The molecule has 0 N–H and O–H groups in total. The lowest BCUT2D eigenvalue weighted by Crippen LogP contribution is -2.30. The minimum atomic E-state index is -0.681. The second kappa shape index (κ2) is 8.32. The maximum atomic E-state index is 13.1. The maximum absolute atomic E-state index is 13.1. The molecule has 1 saturated heterocycles. The summed E-state index contributed by atoms with van der Waals surface area (Å²) in [7, 11) is 1.59. The van der Waals surface area contributed by atoms with Crippen LogP contribution in [-0.2, 0) is 9.59 Å². The van der Waals surface area contributed by atoms with Gasteiger partial charge in [-0.15, -0.1) is 0 Å². The fourth-order valence-electron chi connectivity index (χ4n) is 3.77. The number of ketones is 1. The van der Waals surface area contributed by atoms with E-state index in [0.29, 0.717) is 41.4 Å². The highest BCUT2D eigenvalue weighted by Gasteiger charge is 2.38. The van der Waals surface area contributed by atoms with E-state index >= 15 is 0 Å². The summed E-state index contributed by atoms with van der Waals surface area (Å²) >= 11 is 6.01. The van der Waals surface area contributed by atoms with Crippen LogP contribution in [0.2, 0.25) is 0 Å². The number of aryl methyl sites for hydroxylation is 1. The standard InChI is InChI=1S/C23H22ClN3O3/c1-15-13-26(14-25-15)20-9-8-18(12-21(20)30-2)27-11-10-19(23(27)29)22(28)16-4-3-5-17(24)7-6-16/h4-9,12-14,19H,3,10-11H2,1-2H3. The third kappa shape index (κ3) is 3.83. The van der Waals surface area contributed by atoms with Crippen LogP contribution in [0.3, 0.4) is 0 Å². The number of ether oxygens (including phenoxy) is 1. The molecule has 6 nitrogen and oxygen atoms in total. The first kappa shape index (κ1) is 20.2. The number of carbonyl (C=O) groups excluding carboxylic acids is 2. The number of nitrogens with zero attached hydrogens (tertiary/aromatic N) is 3. The maximum Gasteiger partial charge on any atom is 0.238 e. The number of benzene rings is 1.